The van der Waals surface area contributed by atoms with Crippen LogP contribution in [0.25, 0.3) is 0 Å². The van der Waals surface area contributed by atoms with Gasteiger partial charge in [-0.2, -0.15) is 0 Å². The van der Waals surface area contributed by atoms with E-state index < -0.39 is 0 Å². The summed E-state index contributed by atoms with van der Waals surface area (Å²) in [5, 5.41) is 2.75. The predicted molar refractivity (Wildman–Crippen MR) is 55.3 cm³/mol. The monoisotopic (exact) mass is 184 g/mol. The molecular formula is C10H20N2O. The Balaban J connectivity index is 3.55. The van der Waals surface area contributed by atoms with Gasteiger partial charge in [0.15, 0.2) is 0 Å². The highest BCUT2D eigenvalue weighted by molar-refractivity contribution is 5.76. The van der Waals surface area contributed by atoms with Gasteiger partial charge in [-0.1, -0.05) is 25.5 Å². The summed E-state index contributed by atoms with van der Waals surface area (Å²) in [4.78, 5) is 11.2. The molecule has 0 aromatic heterocycles. The lowest BCUT2D eigenvalue weighted by Crippen LogP contribution is -2.32. The third kappa shape index (κ3) is 7.53. The quantitative estimate of drug-likeness (QED) is 0.609. The van der Waals surface area contributed by atoms with E-state index in [4.69, 9.17) is 5.73 Å². The van der Waals surface area contributed by atoms with Gasteiger partial charge in [0.25, 0.3) is 0 Å². The van der Waals surface area contributed by atoms with Crippen LogP contribution in [-0.4, -0.2) is 18.5 Å². The fourth-order valence-electron chi connectivity index (χ4n) is 1.03. The van der Waals surface area contributed by atoms with Crippen LogP contribution < -0.4 is 11.1 Å². The second-order valence-corrected chi connectivity index (χ2v) is 3.49. The van der Waals surface area contributed by atoms with Crippen molar-refractivity contribution in [2.24, 2.45) is 5.73 Å². The summed E-state index contributed by atoms with van der Waals surface area (Å²) in [6.07, 6.45) is 2.34. The smallest absolute Gasteiger partial charge is 0.221 e. The van der Waals surface area contributed by atoms with E-state index in [2.05, 4.69) is 18.8 Å². The molecule has 3 nitrogen and oxygen atoms in total. The number of carbonyl (C=O) groups excluding carboxylic acids is 1. The summed E-state index contributed by atoms with van der Waals surface area (Å²) in [7, 11) is 0. The maximum atomic E-state index is 11.2. The number of hydrogen-bond donors (Lipinski definition) is 2. The van der Waals surface area contributed by atoms with Crippen molar-refractivity contribution in [3.8, 4) is 0 Å². The van der Waals surface area contributed by atoms with Gasteiger partial charge in [-0.15, -0.1) is 0 Å². The van der Waals surface area contributed by atoms with Crippen molar-refractivity contribution in [2.75, 3.05) is 6.54 Å². The molecule has 0 aromatic carbocycles. The SMILES string of the molecule is C=C(C)CNC(=O)CC(N)CCC. The Hall–Kier alpha value is -0.830. The van der Waals surface area contributed by atoms with Crippen LogP contribution in [0.5, 0.6) is 0 Å². The van der Waals surface area contributed by atoms with E-state index in [9.17, 15) is 4.79 Å². The van der Waals surface area contributed by atoms with E-state index >= 15 is 0 Å². The molecule has 1 unspecified atom stereocenters. The minimum absolute atomic E-state index is 0.00452. The van der Waals surface area contributed by atoms with Crippen molar-refractivity contribution in [3.63, 3.8) is 0 Å². The van der Waals surface area contributed by atoms with Gasteiger partial charge in [-0.25, -0.2) is 0 Å². The molecule has 1 atom stereocenters. The summed E-state index contributed by atoms with van der Waals surface area (Å²) >= 11 is 0. The van der Waals surface area contributed by atoms with Gasteiger partial charge in [0.05, 0.1) is 0 Å². The Morgan fingerprint density at radius 2 is 2.23 bits per heavy atom. The van der Waals surface area contributed by atoms with Crippen molar-refractivity contribution in [1.29, 1.82) is 0 Å². The molecule has 3 heteroatoms. The lowest BCUT2D eigenvalue weighted by Gasteiger charge is -2.10. The molecule has 0 aliphatic heterocycles. The Labute approximate surface area is 80.4 Å². The van der Waals surface area contributed by atoms with Gasteiger partial charge in [-0.3, -0.25) is 4.79 Å². The van der Waals surface area contributed by atoms with Crippen LogP contribution in [0, 0.1) is 0 Å². The third-order valence-corrected chi connectivity index (χ3v) is 1.69. The summed E-state index contributed by atoms with van der Waals surface area (Å²) in [6, 6.07) is -0.00452. The number of amides is 1. The molecular weight excluding hydrogens is 164 g/mol. The minimum Gasteiger partial charge on any atom is -0.352 e. The molecule has 0 saturated heterocycles. The van der Waals surface area contributed by atoms with Crippen LogP contribution in [0.3, 0.4) is 0 Å². The first kappa shape index (κ1) is 12.2. The normalized spacial score (nSPS) is 12.2. The second-order valence-electron chi connectivity index (χ2n) is 3.49. The third-order valence-electron chi connectivity index (χ3n) is 1.69. The molecule has 0 fully saturated rings. The molecule has 3 N–H and O–H groups in total. The average molecular weight is 184 g/mol. The van der Waals surface area contributed by atoms with E-state index in [0.29, 0.717) is 13.0 Å². The van der Waals surface area contributed by atoms with Gasteiger partial charge in [0.2, 0.25) is 5.91 Å². The van der Waals surface area contributed by atoms with E-state index in [1.165, 1.54) is 0 Å². The first-order valence-corrected chi connectivity index (χ1v) is 4.73. The van der Waals surface area contributed by atoms with Gasteiger partial charge >= 0.3 is 0 Å². The largest absolute Gasteiger partial charge is 0.352 e. The lowest BCUT2D eigenvalue weighted by molar-refractivity contribution is -0.121. The fraction of sp³-hybridized carbons (Fsp3) is 0.700. The number of rotatable bonds is 6. The van der Waals surface area contributed by atoms with E-state index in [1.54, 1.807) is 0 Å². The highest BCUT2D eigenvalue weighted by Crippen LogP contribution is 1.97. The molecule has 76 valence electrons. The van der Waals surface area contributed by atoms with E-state index in [1.807, 2.05) is 6.92 Å². The number of nitrogens with two attached hydrogens (primary N) is 1. The van der Waals surface area contributed by atoms with E-state index in [-0.39, 0.29) is 11.9 Å². The fourth-order valence-corrected chi connectivity index (χ4v) is 1.03. The van der Waals surface area contributed by atoms with Crippen LogP contribution in [0.1, 0.15) is 33.1 Å². The highest BCUT2D eigenvalue weighted by Gasteiger charge is 2.07. The van der Waals surface area contributed by atoms with Crippen molar-refractivity contribution in [1.82, 2.24) is 5.32 Å². The maximum absolute atomic E-state index is 11.2. The van der Waals surface area contributed by atoms with Crippen molar-refractivity contribution < 1.29 is 4.79 Å². The summed E-state index contributed by atoms with van der Waals surface area (Å²) in [5.74, 6) is 0.0175. The molecule has 13 heavy (non-hydrogen) atoms. The summed E-state index contributed by atoms with van der Waals surface area (Å²) < 4.78 is 0. The number of nitrogens with one attached hydrogen (secondary N) is 1. The zero-order chi connectivity index (χ0) is 10.3. The molecule has 0 saturated carbocycles. The Morgan fingerprint density at radius 3 is 2.69 bits per heavy atom. The van der Waals surface area contributed by atoms with Crippen LogP contribution >= 0.6 is 0 Å². The van der Waals surface area contributed by atoms with Crippen LogP contribution in [-0.2, 0) is 4.79 Å². The molecule has 0 aliphatic carbocycles. The summed E-state index contributed by atoms with van der Waals surface area (Å²) in [6.45, 7) is 8.19. The van der Waals surface area contributed by atoms with Crippen LogP contribution in [0.4, 0.5) is 0 Å². The van der Waals surface area contributed by atoms with E-state index in [0.717, 1.165) is 18.4 Å². The Kier molecular flexibility index (Phi) is 6.24. The average Bonchev–Trinajstić information content (AvgIpc) is 2.01. The molecule has 0 radical (unpaired) electrons. The molecule has 0 aliphatic rings. The first-order valence-electron chi connectivity index (χ1n) is 4.73. The van der Waals surface area contributed by atoms with Gasteiger partial charge < -0.3 is 11.1 Å². The van der Waals surface area contributed by atoms with Crippen LogP contribution in [0.2, 0.25) is 0 Å². The molecule has 0 spiro atoms. The molecule has 1 amide bonds. The standard InChI is InChI=1S/C10H20N2O/c1-4-5-9(11)6-10(13)12-7-8(2)3/h9H,2,4-7,11H2,1,3H3,(H,12,13). The zero-order valence-corrected chi connectivity index (χ0v) is 8.60. The van der Waals surface area contributed by atoms with Gasteiger partial charge in [0.1, 0.15) is 0 Å². The molecule has 0 bridgehead atoms. The Bertz CT molecular complexity index is 178. The van der Waals surface area contributed by atoms with Crippen LogP contribution in [0.15, 0.2) is 12.2 Å². The molecule has 0 heterocycles. The maximum Gasteiger partial charge on any atom is 0.221 e. The van der Waals surface area contributed by atoms with Gasteiger partial charge in [-0.05, 0) is 13.3 Å². The second kappa shape index (κ2) is 6.66. The van der Waals surface area contributed by atoms with Crippen molar-refractivity contribution in [2.45, 2.75) is 39.2 Å². The minimum atomic E-state index is -0.00452. The summed E-state index contributed by atoms with van der Waals surface area (Å²) in [5.41, 5.74) is 6.66. The Morgan fingerprint density at radius 1 is 1.62 bits per heavy atom. The van der Waals surface area contributed by atoms with Crippen molar-refractivity contribution in [3.05, 3.63) is 12.2 Å². The predicted octanol–water partition coefficient (Wildman–Crippen LogP) is 1.20. The first-order chi connectivity index (χ1) is 6.06. The molecule has 0 rings (SSSR count). The highest BCUT2D eigenvalue weighted by atomic mass is 16.1. The number of carbonyl (C=O) groups is 1. The zero-order valence-electron chi connectivity index (χ0n) is 8.60. The van der Waals surface area contributed by atoms with Gasteiger partial charge in [0, 0.05) is 19.0 Å². The topological polar surface area (TPSA) is 55.1 Å². The molecule has 0 aromatic rings. The lowest BCUT2D eigenvalue weighted by atomic mass is 10.1. The number of hydrogen-bond acceptors (Lipinski definition) is 2. The van der Waals surface area contributed by atoms with Crippen molar-refractivity contribution >= 4 is 5.91 Å².